The van der Waals surface area contributed by atoms with Crippen LogP contribution < -0.4 is 0 Å². The molecule has 2 rings (SSSR count). The molecule has 0 saturated carbocycles. The first-order valence-corrected chi connectivity index (χ1v) is 6.60. The van der Waals surface area contributed by atoms with E-state index in [1.54, 1.807) is 0 Å². The maximum absolute atomic E-state index is 3.49. The van der Waals surface area contributed by atoms with Crippen molar-refractivity contribution < 1.29 is 0 Å². The van der Waals surface area contributed by atoms with Gasteiger partial charge in [-0.3, -0.25) is 0 Å². The van der Waals surface area contributed by atoms with Crippen molar-refractivity contribution in [1.82, 2.24) is 0 Å². The van der Waals surface area contributed by atoms with Gasteiger partial charge in [0, 0.05) is 8.04 Å². The molecule has 0 atom stereocenters. The summed E-state index contributed by atoms with van der Waals surface area (Å²) in [6.45, 7) is 0. The fourth-order valence-electron chi connectivity index (χ4n) is 1.53. The van der Waals surface area contributed by atoms with Crippen molar-refractivity contribution in [2.75, 3.05) is 0 Å². The van der Waals surface area contributed by atoms with E-state index >= 15 is 0 Å². The van der Waals surface area contributed by atoms with E-state index in [4.69, 9.17) is 0 Å². The van der Waals surface area contributed by atoms with Crippen molar-refractivity contribution in [2.45, 2.75) is 6.42 Å². The van der Waals surface area contributed by atoms with Gasteiger partial charge in [-0.05, 0) is 64.4 Å². The van der Waals surface area contributed by atoms with Gasteiger partial charge in [0.05, 0.1) is 0 Å². The molecular formula is C13H10BrI. The molecule has 0 spiro atoms. The average molecular weight is 373 g/mol. The lowest BCUT2D eigenvalue weighted by Gasteiger charge is -2.03. The zero-order valence-electron chi connectivity index (χ0n) is 8.08. The maximum atomic E-state index is 3.49. The number of benzene rings is 2. The van der Waals surface area contributed by atoms with Crippen LogP contribution in [0, 0.1) is 3.57 Å². The Hall–Kier alpha value is -0.350. The minimum atomic E-state index is 0.996. The first-order chi connectivity index (χ1) is 7.24. The summed E-state index contributed by atoms with van der Waals surface area (Å²) in [5, 5.41) is 0. The zero-order valence-corrected chi connectivity index (χ0v) is 11.8. The third kappa shape index (κ3) is 3.31. The first-order valence-electron chi connectivity index (χ1n) is 4.73. The van der Waals surface area contributed by atoms with Gasteiger partial charge >= 0.3 is 0 Å². The molecule has 0 aliphatic rings. The highest BCUT2D eigenvalue weighted by molar-refractivity contribution is 14.1. The van der Waals surface area contributed by atoms with Crippen molar-refractivity contribution >= 4 is 38.5 Å². The Labute approximate surface area is 112 Å². The molecule has 15 heavy (non-hydrogen) atoms. The quantitative estimate of drug-likeness (QED) is 0.673. The molecule has 0 aliphatic heterocycles. The molecule has 0 fully saturated rings. The molecule has 0 N–H and O–H groups in total. The number of halogens is 2. The van der Waals surface area contributed by atoms with E-state index in [1.165, 1.54) is 14.7 Å². The Morgan fingerprint density at radius 1 is 0.933 bits per heavy atom. The van der Waals surface area contributed by atoms with Gasteiger partial charge < -0.3 is 0 Å². The summed E-state index contributed by atoms with van der Waals surface area (Å²) in [6, 6.07) is 17.1. The molecule has 0 unspecified atom stereocenters. The molecule has 0 amide bonds. The predicted octanol–water partition coefficient (Wildman–Crippen LogP) is 4.64. The molecule has 0 bridgehead atoms. The van der Waals surface area contributed by atoms with E-state index in [1.807, 2.05) is 0 Å². The molecule has 2 heteroatoms. The van der Waals surface area contributed by atoms with Gasteiger partial charge in [-0.2, -0.15) is 0 Å². The topological polar surface area (TPSA) is 0 Å². The number of hydrogen-bond donors (Lipinski definition) is 0. The highest BCUT2D eigenvalue weighted by Crippen LogP contribution is 2.16. The summed E-state index contributed by atoms with van der Waals surface area (Å²) >= 11 is 5.83. The Bertz CT molecular complexity index is 422. The van der Waals surface area contributed by atoms with E-state index in [9.17, 15) is 0 Å². The first kappa shape index (κ1) is 11.1. The molecule has 0 nitrogen and oxygen atoms in total. The normalized spacial score (nSPS) is 10.3. The Morgan fingerprint density at radius 3 is 2.27 bits per heavy atom. The minimum absolute atomic E-state index is 0.996. The highest BCUT2D eigenvalue weighted by atomic mass is 127. The van der Waals surface area contributed by atoms with Crippen LogP contribution in [0.25, 0.3) is 0 Å². The largest absolute Gasteiger partial charge is 0.0609 e. The average Bonchev–Trinajstić information content (AvgIpc) is 2.17. The number of rotatable bonds is 2. The van der Waals surface area contributed by atoms with Gasteiger partial charge in [0.1, 0.15) is 0 Å². The maximum Gasteiger partial charge on any atom is 0.0178 e. The summed E-state index contributed by atoms with van der Waals surface area (Å²) in [5.41, 5.74) is 2.70. The van der Waals surface area contributed by atoms with Crippen LogP contribution in [0.4, 0.5) is 0 Å². The third-order valence-corrected chi connectivity index (χ3v) is 3.35. The van der Waals surface area contributed by atoms with Crippen molar-refractivity contribution in [3.8, 4) is 0 Å². The van der Waals surface area contributed by atoms with Crippen molar-refractivity contribution in [1.29, 1.82) is 0 Å². The van der Waals surface area contributed by atoms with E-state index in [0.717, 1.165) is 10.9 Å². The molecule has 0 heterocycles. The van der Waals surface area contributed by atoms with Crippen molar-refractivity contribution in [2.24, 2.45) is 0 Å². The Kier molecular flexibility index (Phi) is 3.81. The second kappa shape index (κ2) is 5.12. The van der Waals surface area contributed by atoms with Crippen LogP contribution in [0.5, 0.6) is 0 Å². The fraction of sp³-hybridized carbons (Fsp3) is 0.0769. The summed E-state index contributed by atoms with van der Waals surface area (Å²) < 4.78 is 2.44. The van der Waals surface area contributed by atoms with Gasteiger partial charge in [-0.25, -0.2) is 0 Å². The lowest BCUT2D eigenvalue weighted by atomic mass is 10.1. The standard InChI is InChI=1S/C13H10BrI/c14-12-5-1-3-10(8-12)7-11-4-2-6-13(15)9-11/h1-6,8-9H,7H2. The van der Waals surface area contributed by atoms with Gasteiger partial charge in [-0.1, -0.05) is 40.2 Å². The summed E-state index contributed by atoms with van der Waals surface area (Å²) in [7, 11) is 0. The molecule has 2 aromatic rings. The van der Waals surface area contributed by atoms with Crippen LogP contribution >= 0.6 is 38.5 Å². The van der Waals surface area contributed by atoms with E-state index in [0.29, 0.717) is 0 Å². The van der Waals surface area contributed by atoms with Crippen LogP contribution in [0.3, 0.4) is 0 Å². The predicted molar refractivity (Wildman–Crippen MR) is 76.1 cm³/mol. The smallest absolute Gasteiger partial charge is 0.0178 e. The summed E-state index contributed by atoms with van der Waals surface area (Å²) in [6.07, 6.45) is 0.996. The van der Waals surface area contributed by atoms with E-state index in [2.05, 4.69) is 87.1 Å². The van der Waals surface area contributed by atoms with E-state index < -0.39 is 0 Å². The van der Waals surface area contributed by atoms with Crippen molar-refractivity contribution in [3.05, 3.63) is 67.7 Å². The lowest BCUT2D eigenvalue weighted by Crippen LogP contribution is -1.88. The third-order valence-electron chi connectivity index (χ3n) is 2.19. The highest BCUT2D eigenvalue weighted by Gasteiger charge is 1.97. The molecule has 0 radical (unpaired) electrons. The number of hydrogen-bond acceptors (Lipinski definition) is 0. The summed E-state index contributed by atoms with van der Waals surface area (Å²) in [4.78, 5) is 0. The van der Waals surface area contributed by atoms with E-state index in [-0.39, 0.29) is 0 Å². The molecule has 0 saturated heterocycles. The van der Waals surface area contributed by atoms with Gasteiger partial charge in [-0.15, -0.1) is 0 Å². The summed E-state index contributed by atoms with van der Waals surface area (Å²) in [5.74, 6) is 0. The molecular weight excluding hydrogens is 363 g/mol. The molecule has 0 aromatic heterocycles. The Balaban J connectivity index is 2.22. The van der Waals surface area contributed by atoms with Crippen molar-refractivity contribution in [3.63, 3.8) is 0 Å². The lowest BCUT2D eigenvalue weighted by molar-refractivity contribution is 1.18. The molecule has 2 aromatic carbocycles. The van der Waals surface area contributed by atoms with Crippen LogP contribution in [-0.2, 0) is 6.42 Å². The zero-order chi connectivity index (χ0) is 10.7. The fourth-order valence-corrected chi connectivity index (χ4v) is 2.58. The van der Waals surface area contributed by atoms with Crippen LogP contribution in [0.1, 0.15) is 11.1 Å². The second-order valence-electron chi connectivity index (χ2n) is 3.44. The van der Waals surface area contributed by atoms with Gasteiger partial charge in [0.25, 0.3) is 0 Å². The monoisotopic (exact) mass is 372 g/mol. The van der Waals surface area contributed by atoms with Gasteiger partial charge in [0.2, 0.25) is 0 Å². The SMILES string of the molecule is Brc1cccc(Cc2cccc(I)c2)c1. The van der Waals surface area contributed by atoms with Gasteiger partial charge in [0.15, 0.2) is 0 Å². The molecule has 0 aliphatic carbocycles. The second-order valence-corrected chi connectivity index (χ2v) is 5.60. The molecule has 76 valence electrons. The van der Waals surface area contributed by atoms with Crippen LogP contribution in [0.15, 0.2) is 53.0 Å². The van der Waals surface area contributed by atoms with Crippen LogP contribution in [0.2, 0.25) is 0 Å². The Morgan fingerprint density at radius 2 is 1.60 bits per heavy atom. The minimum Gasteiger partial charge on any atom is -0.0609 e. The van der Waals surface area contributed by atoms with Crippen LogP contribution in [-0.4, -0.2) is 0 Å².